The van der Waals surface area contributed by atoms with E-state index in [0.29, 0.717) is 26.2 Å². The van der Waals surface area contributed by atoms with Crippen molar-refractivity contribution < 1.29 is 19.4 Å². The van der Waals surface area contributed by atoms with Crippen molar-refractivity contribution in [1.29, 1.82) is 0 Å². The molecule has 0 spiro atoms. The summed E-state index contributed by atoms with van der Waals surface area (Å²) < 4.78 is 9.46. The van der Waals surface area contributed by atoms with Gasteiger partial charge in [-0.1, -0.05) is 0 Å². The Morgan fingerprint density at radius 1 is 1.57 bits per heavy atom. The van der Waals surface area contributed by atoms with Crippen LogP contribution in [0.2, 0.25) is 0 Å². The van der Waals surface area contributed by atoms with Crippen LogP contribution in [0.3, 0.4) is 0 Å². The molecule has 0 heterocycles. The second-order valence-electron chi connectivity index (χ2n) is 2.88. The highest BCUT2D eigenvalue weighted by molar-refractivity contribution is 5.71. The molecule has 0 aromatic heterocycles. The topological polar surface area (TPSA) is 67.8 Å². The van der Waals surface area contributed by atoms with Crippen LogP contribution in [-0.2, 0) is 14.3 Å². The second-order valence-corrected chi connectivity index (χ2v) is 2.88. The Labute approximate surface area is 84.4 Å². The third kappa shape index (κ3) is 7.97. The number of hydrogen-bond donors (Lipinski definition) is 2. The zero-order valence-corrected chi connectivity index (χ0v) is 8.78. The van der Waals surface area contributed by atoms with Crippen LogP contribution in [0, 0.1) is 0 Å². The Hall–Kier alpha value is -0.650. The molecule has 5 heteroatoms. The number of methoxy groups -OCH3 is 1. The van der Waals surface area contributed by atoms with Crippen LogP contribution >= 0.6 is 0 Å². The maximum atomic E-state index is 10.8. The predicted molar refractivity (Wildman–Crippen MR) is 52.0 cm³/mol. The summed E-state index contributed by atoms with van der Waals surface area (Å²) in [5, 5.41) is 12.1. The Kier molecular flexibility index (Phi) is 8.51. The molecule has 0 aliphatic heterocycles. The lowest BCUT2D eigenvalue weighted by molar-refractivity contribution is -0.142. The minimum Gasteiger partial charge on any atom is -0.465 e. The summed E-state index contributed by atoms with van der Waals surface area (Å²) in [6.45, 7) is 3.24. The van der Waals surface area contributed by atoms with Crippen molar-refractivity contribution in [3.8, 4) is 0 Å². The fourth-order valence-electron chi connectivity index (χ4n) is 0.947. The van der Waals surface area contributed by atoms with Crippen molar-refractivity contribution in [1.82, 2.24) is 5.32 Å². The molecule has 2 N–H and O–H groups in total. The number of aliphatic hydroxyl groups is 1. The number of esters is 1. The van der Waals surface area contributed by atoms with E-state index in [1.807, 2.05) is 0 Å². The van der Waals surface area contributed by atoms with E-state index in [-0.39, 0.29) is 12.5 Å². The first kappa shape index (κ1) is 13.4. The molecule has 1 atom stereocenters. The monoisotopic (exact) mass is 205 g/mol. The summed E-state index contributed by atoms with van der Waals surface area (Å²) in [4.78, 5) is 10.8. The standard InChI is InChI=1S/C9H19NO4/c1-3-14-9(12)6-10-5-4-8(11)7-13-2/h8,10-11H,3-7H2,1-2H3. The van der Waals surface area contributed by atoms with E-state index in [2.05, 4.69) is 5.32 Å². The summed E-state index contributed by atoms with van der Waals surface area (Å²) >= 11 is 0. The zero-order chi connectivity index (χ0) is 10.8. The smallest absolute Gasteiger partial charge is 0.319 e. The van der Waals surface area contributed by atoms with Crippen LogP contribution in [0.25, 0.3) is 0 Å². The molecule has 0 amide bonds. The molecule has 1 unspecified atom stereocenters. The summed E-state index contributed by atoms with van der Waals surface area (Å²) in [7, 11) is 1.54. The molecule has 14 heavy (non-hydrogen) atoms. The maximum Gasteiger partial charge on any atom is 0.319 e. The van der Waals surface area contributed by atoms with Gasteiger partial charge in [0.25, 0.3) is 0 Å². The van der Waals surface area contributed by atoms with Crippen molar-refractivity contribution in [3.63, 3.8) is 0 Å². The summed E-state index contributed by atoms with van der Waals surface area (Å²) in [5.41, 5.74) is 0. The van der Waals surface area contributed by atoms with E-state index >= 15 is 0 Å². The summed E-state index contributed by atoms with van der Waals surface area (Å²) in [6, 6.07) is 0. The van der Waals surface area contributed by atoms with Gasteiger partial charge in [0.05, 0.1) is 25.9 Å². The van der Waals surface area contributed by atoms with Crippen LogP contribution in [0.1, 0.15) is 13.3 Å². The molecule has 0 bridgehead atoms. The number of hydrogen-bond acceptors (Lipinski definition) is 5. The third-order valence-electron chi connectivity index (χ3n) is 1.59. The Bertz CT molecular complexity index is 152. The molecule has 0 radical (unpaired) electrons. The van der Waals surface area contributed by atoms with Crippen molar-refractivity contribution in [2.24, 2.45) is 0 Å². The van der Waals surface area contributed by atoms with Crippen LogP contribution in [-0.4, -0.2) is 50.6 Å². The molecule has 5 nitrogen and oxygen atoms in total. The van der Waals surface area contributed by atoms with Crippen LogP contribution < -0.4 is 5.32 Å². The molecule has 0 aromatic rings. The van der Waals surface area contributed by atoms with Crippen LogP contribution in [0.15, 0.2) is 0 Å². The fourth-order valence-corrected chi connectivity index (χ4v) is 0.947. The highest BCUT2D eigenvalue weighted by atomic mass is 16.5. The normalized spacial score (nSPS) is 12.5. The van der Waals surface area contributed by atoms with E-state index in [0.717, 1.165) is 0 Å². The van der Waals surface area contributed by atoms with Gasteiger partial charge in [-0.3, -0.25) is 4.79 Å². The first-order valence-corrected chi connectivity index (χ1v) is 4.74. The first-order valence-electron chi connectivity index (χ1n) is 4.74. The Morgan fingerprint density at radius 3 is 2.86 bits per heavy atom. The molecule has 84 valence electrons. The summed E-state index contributed by atoms with van der Waals surface area (Å²) in [5.74, 6) is -0.270. The van der Waals surface area contributed by atoms with E-state index in [9.17, 15) is 9.90 Å². The fraction of sp³-hybridized carbons (Fsp3) is 0.889. The van der Waals surface area contributed by atoms with E-state index in [1.54, 1.807) is 6.92 Å². The average Bonchev–Trinajstić information content (AvgIpc) is 2.13. The molecule has 0 saturated heterocycles. The van der Waals surface area contributed by atoms with Gasteiger partial charge in [0.2, 0.25) is 0 Å². The van der Waals surface area contributed by atoms with Gasteiger partial charge in [-0.25, -0.2) is 0 Å². The van der Waals surface area contributed by atoms with Crippen LogP contribution in [0.4, 0.5) is 0 Å². The molecular weight excluding hydrogens is 186 g/mol. The molecule has 0 rings (SSSR count). The third-order valence-corrected chi connectivity index (χ3v) is 1.59. The zero-order valence-electron chi connectivity index (χ0n) is 8.78. The maximum absolute atomic E-state index is 10.8. The number of carbonyl (C=O) groups excluding carboxylic acids is 1. The van der Waals surface area contributed by atoms with Gasteiger partial charge in [-0.2, -0.15) is 0 Å². The highest BCUT2D eigenvalue weighted by Crippen LogP contribution is 1.89. The Balaban J connectivity index is 3.24. The number of carbonyl (C=O) groups is 1. The van der Waals surface area contributed by atoms with E-state index in [1.165, 1.54) is 7.11 Å². The SMILES string of the molecule is CCOC(=O)CNCCC(O)COC. The lowest BCUT2D eigenvalue weighted by Gasteiger charge is -2.09. The molecule has 0 fully saturated rings. The first-order chi connectivity index (χ1) is 6.70. The van der Waals surface area contributed by atoms with Gasteiger partial charge >= 0.3 is 5.97 Å². The largest absolute Gasteiger partial charge is 0.465 e. The van der Waals surface area contributed by atoms with Gasteiger partial charge in [-0.05, 0) is 19.9 Å². The van der Waals surface area contributed by atoms with Crippen molar-refractivity contribution in [2.75, 3.05) is 33.4 Å². The number of rotatable bonds is 8. The van der Waals surface area contributed by atoms with Gasteiger partial charge in [0.1, 0.15) is 0 Å². The molecule has 0 aliphatic carbocycles. The molecule has 0 aromatic carbocycles. The molecule has 0 aliphatic rings. The van der Waals surface area contributed by atoms with Gasteiger partial charge in [-0.15, -0.1) is 0 Å². The molecular formula is C9H19NO4. The van der Waals surface area contributed by atoms with Crippen molar-refractivity contribution in [3.05, 3.63) is 0 Å². The average molecular weight is 205 g/mol. The minimum absolute atomic E-state index is 0.188. The van der Waals surface area contributed by atoms with Gasteiger partial charge in [0.15, 0.2) is 0 Å². The quantitative estimate of drug-likeness (QED) is 0.414. The van der Waals surface area contributed by atoms with Gasteiger partial charge < -0.3 is 19.9 Å². The number of aliphatic hydroxyl groups excluding tert-OH is 1. The van der Waals surface area contributed by atoms with E-state index < -0.39 is 6.10 Å². The van der Waals surface area contributed by atoms with Crippen LogP contribution in [0.5, 0.6) is 0 Å². The van der Waals surface area contributed by atoms with E-state index in [4.69, 9.17) is 9.47 Å². The van der Waals surface area contributed by atoms with Gasteiger partial charge in [0, 0.05) is 7.11 Å². The number of ether oxygens (including phenoxy) is 2. The lowest BCUT2D eigenvalue weighted by atomic mass is 10.3. The van der Waals surface area contributed by atoms with Crippen molar-refractivity contribution >= 4 is 5.97 Å². The summed E-state index contributed by atoms with van der Waals surface area (Å²) in [6.07, 6.45) is 0.0856. The molecule has 0 saturated carbocycles. The second kappa shape index (κ2) is 8.93. The minimum atomic E-state index is -0.477. The predicted octanol–water partition coefficient (Wildman–Crippen LogP) is -0.463. The number of nitrogens with one attached hydrogen (secondary N) is 1. The van der Waals surface area contributed by atoms with Crippen molar-refractivity contribution in [2.45, 2.75) is 19.4 Å². The Morgan fingerprint density at radius 2 is 2.29 bits per heavy atom. The lowest BCUT2D eigenvalue weighted by Crippen LogP contribution is -2.28. The highest BCUT2D eigenvalue weighted by Gasteiger charge is 2.04.